The van der Waals surface area contributed by atoms with Crippen LogP contribution < -0.4 is 30.9 Å². The lowest BCUT2D eigenvalue weighted by Crippen LogP contribution is -2.52. The van der Waals surface area contributed by atoms with Crippen LogP contribution in [0.5, 0.6) is 17.2 Å². The van der Waals surface area contributed by atoms with Crippen molar-refractivity contribution in [1.82, 2.24) is 88.8 Å². The van der Waals surface area contributed by atoms with Gasteiger partial charge in [-0.3, -0.25) is 57.5 Å². The van der Waals surface area contributed by atoms with Gasteiger partial charge in [0.05, 0.1) is 108 Å². The number of carbonyl (C=O) groups is 9. The number of rotatable bonds is 15. The van der Waals surface area contributed by atoms with E-state index in [1.165, 1.54) is 96.4 Å². The zero-order valence-corrected chi connectivity index (χ0v) is 59.0. The van der Waals surface area contributed by atoms with Gasteiger partial charge < -0.3 is 73.1 Å². The molecule has 15 rings (SSSR count). The van der Waals surface area contributed by atoms with Gasteiger partial charge in [0.25, 0.3) is 69.5 Å². The Balaban J connectivity index is 0.000000153. The van der Waals surface area contributed by atoms with Crippen molar-refractivity contribution in [1.29, 1.82) is 0 Å². The van der Waals surface area contributed by atoms with Gasteiger partial charge >= 0.3 is 0 Å². The van der Waals surface area contributed by atoms with Crippen LogP contribution >= 0.6 is 0 Å². The third-order valence-corrected chi connectivity index (χ3v) is 18.7. The van der Waals surface area contributed by atoms with E-state index in [0.29, 0.717) is 140 Å². The van der Waals surface area contributed by atoms with Gasteiger partial charge in [0, 0.05) is 139 Å². The van der Waals surface area contributed by atoms with Crippen LogP contribution in [0.4, 0.5) is 0 Å². The summed E-state index contributed by atoms with van der Waals surface area (Å²) in [5.41, 5.74) is 4.92. The van der Waals surface area contributed by atoms with E-state index in [9.17, 15) is 57.5 Å². The predicted octanol–water partition coefficient (Wildman–Crippen LogP) is 5.11. The molecule has 5 N–H and O–H groups in total. The predicted molar refractivity (Wildman–Crippen MR) is 401 cm³/mol. The molecule has 110 heavy (non-hydrogen) atoms. The number of aromatic nitrogens is 12. The van der Waals surface area contributed by atoms with Crippen molar-refractivity contribution in [2.75, 3.05) is 99.9 Å². The fourth-order valence-corrected chi connectivity index (χ4v) is 12.9. The molecule has 0 unspecified atom stereocenters. The van der Waals surface area contributed by atoms with Crippen LogP contribution in [0.2, 0.25) is 0 Å². The molecule has 6 amide bonds. The highest BCUT2D eigenvalue weighted by Crippen LogP contribution is 2.37. The second kappa shape index (κ2) is 32.9. The van der Waals surface area contributed by atoms with Crippen molar-refractivity contribution >= 4 is 85.5 Å². The average Bonchev–Trinajstić information content (AvgIpc) is 1.61. The van der Waals surface area contributed by atoms with Crippen LogP contribution in [-0.2, 0) is 21.4 Å². The maximum atomic E-state index is 13.3. The van der Waals surface area contributed by atoms with Gasteiger partial charge in [-0.2, -0.15) is 0 Å². The summed E-state index contributed by atoms with van der Waals surface area (Å²) in [4.78, 5) is 201. The molecule has 560 valence electrons. The van der Waals surface area contributed by atoms with E-state index in [4.69, 9.17) is 14.2 Å². The number of aromatic amines is 5. The standard InChI is InChI=1S/C26H24N6O5.2C25H22N6O5.CH4/c1-30-15-18(27-14-20(30)33)22-23-21(19(37-2)13-29-22)17(12-28-23)24(34)26(36)32-10-8-31(9-11-32)25(35)16-6-4-3-5-7-16;2*1-36-18-13-29-21(17-12-27-19(32)14-26-17)22-20(18)16(11-28-22)23(33)25(35)31-9-7-30(8-10-31)24(34)15-5-3-2-4-6-15;/h3-7,12-15,28H,8-11H2,1-2H3;2*2-6,11-14,28H,7-10H2,1H3,(H,27,32);1H4. The maximum Gasteiger partial charge on any atom is 0.295 e. The van der Waals surface area contributed by atoms with Crippen LogP contribution in [0, 0.1) is 0 Å². The van der Waals surface area contributed by atoms with E-state index in [1.54, 1.807) is 101 Å². The molecule has 0 aliphatic carbocycles. The lowest BCUT2D eigenvalue weighted by molar-refractivity contribution is -0.128. The first-order chi connectivity index (χ1) is 52.8. The Morgan fingerprint density at radius 3 is 0.900 bits per heavy atom. The van der Waals surface area contributed by atoms with Crippen LogP contribution in [0.1, 0.15) is 69.6 Å². The van der Waals surface area contributed by atoms with E-state index in [2.05, 4.69) is 54.8 Å². The van der Waals surface area contributed by atoms with E-state index >= 15 is 0 Å². The quantitative estimate of drug-likeness (QED) is 0.0657. The van der Waals surface area contributed by atoms with Gasteiger partial charge in [-0.25, -0.2) is 29.9 Å². The van der Waals surface area contributed by atoms with Gasteiger partial charge in [0.15, 0.2) is 0 Å². The van der Waals surface area contributed by atoms with Crippen LogP contribution in [0.3, 0.4) is 0 Å². The molecular weight excluding hydrogens is 1420 g/mol. The minimum absolute atomic E-state index is 0. The summed E-state index contributed by atoms with van der Waals surface area (Å²) < 4.78 is 17.6. The van der Waals surface area contributed by atoms with Gasteiger partial charge in [0.2, 0.25) is 0 Å². The third-order valence-electron chi connectivity index (χ3n) is 18.7. The molecule has 0 spiro atoms. The van der Waals surface area contributed by atoms with E-state index < -0.39 is 35.1 Å². The van der Waals surface area contributed by atoms with E-state index in [-0.39, 0.29) is 97.8 Å². The average molecular weight is 1490 g/mol. The second-order valence-corrected chi connectivity index (χ2v) is 25.0. The molecule has 33 heteroatoms. The molecule has 3 saturated heterocycles. The molecule has 3 aliphatic heterocycles. The number of nitrogens with zero attached hydrogens (tertiary/aromatic N) is 13. The number of carbonyl (C=O) groups excluding carboxylic acids is 9. The molecule has 3 aliphatic rings. The summed E-state index contributed by atoms with van der Waals surface area (Å²) in [5.74, 6) is -3.45. The van der Waals surface area contributed by atoms with Crippen LogP contribution in [0.15, 0.2) is 180 Å². The Morgan fingerprint density at radius 2 is 0.627 bits per heavy atom. The Hall–Kier alpha value is -14.4. The Bertz CT molecular complexity index is 5440. The normalized spacial score (nSPS) is 13.5. The molecule has 3 fully saturated rings. The van der Waals surface area contributed by atoms with Crippen LogP contribution in [-0.4, -0.2) is 241 Å². The molecule has 0 atom stereocenters. The summed E-state index contributed by atoms with van der Waals surface area (Å²) in [6.45, 7) is 3.46. The van der Waals surface area contributed by atoms with Crippen molar-refractivity contribution in [2.24, 2.45) is 7.05 Å². The Morgan fingerprint density at radius 1 is 0.345 bits per heavy atom. The lowest BCUT2D eigenvalue weighted by atomic mass is 10.1. The topological polar surface area (TPSA) is 413 Å². The zero-order valence-electron chi connectivity index (χ0n) is 59.0. The fraction of sp³-hybridized carbons (Fsp3) is 0.221. The largest absolute Gasteiger partial charge is 0.494 e. The summed E-state index contributed by atoms with van der Waals surface area (Å²) in [7, 11) is 5.94. The first-order valence-corrected chi connectivity index (χ1v) is 34.1. The molecule has 0 bridgehead atoms. The van der Waals surface area contributed by atoms with Crippen LogP contribution in [0.25, 0.3) is 66.9 Å². The van der Waals surface area contributed by atoms with Gasteiger partial charge in [-0.1, -0.05) is 62.0 Å². The number of methoxy groups -OCH3 is 3. The SMILES string of the molecule is C.COc1cnc(-c2c[nH]c(=O)cn2)c2[nH]cc(C(=O)C(=O)N3CCN(C(=O)c4ccccc4)CC3)c12.COc1cnc(-c2c[nH]c(=O)cn2)c2[nH]cc(C(=O)C(=O)N3CCN(C(=O)c4ccccc4)CC3)c12.COc1cnc(-c2cn(C)c(=O)cn2)c2[nH]cc(C(=O)C(=O)N3CCN(C(=O)c4ccccc4)CC3)c12. The third kappa shape index (κ3) is 15.4. The summed E-state index contributed by atoms with van der Waals surface area (Å²) in [6, 6.07) is 26.8. The molecule has 0 radical (unpaired) electrons. The van der Waals surface area contributed by atoms with Crippen molar-refractivity contribution in [3.63, 3.8) is 0 Å². The number of benzene rings is 3. The molecule has 12 heterocycles. The number of nitrogens with one attached hydrogen (secondary N) is 5. The smallest absolute Gasteiger partial charge is 0.295 e. The number of amides is 6. The zero-order chi connectivity index (χ0) is 76.6. The molecular formula is C77H72N18O15. The molecule has 9 aromatic heterocycles. The monoisotopic (exact) mass is 1490 g/mol. The summed E-state index contributed by atoms with van der Waals surface area (Å²) in [6.07, 6.45) is 16.5. The van der Waals surface area contributed by atoms with Gasteiger partial charge in [-0.05, 0) is 36.4 Å². The summed E-state index contributed by atoms with van der Waals surface area (Å²) in [5, 5.41) is 1.19. The Kier molecular flexibility index (Phi) is 22.6. The number of fused-ring (bicyclic) bond motifs is 3. The molecule has 0 saturated carbocycles. The van der Waals surface area contributed by atoms with Gasteiger partial charge in [-0.15, -0.1) is 0 Å². The number of hydrogen-bond acceptors (Lipinski definition) is 21. The number of ether oxygens (including phenoxy) is 3. The minimum atomic E-state index is -0.700. The Labute approximate surface area is 624 Å². The molecule has 33 nitrogen and oxygen atoms in total. The summed E-state index contributed by atoms with van der Waals surface area (Å²) >= 11 is 0. The van der Waals surface area contributed by atoms with Crippen molar-refractivity contribution in [3.8, 4) is 51.4 Å². The first kappa shape index (κ1) is 75.3. The number of hydrogen-bond donors (Lipinski definition) is 5. The highest BCUT2D eigenvalue weighted by molar-refractivity contribution is 6.46. The highest BCUT2D eigenvalue weighted by atomic mass is 16.5. The van der Waals surface area contributed by atoms with Crippen molar-refractivity contribution in [3.05, 3.63) is 230 Å². The number of Topliss-reactive ketones (excluding diaryl/α,β-unsaturated/α-hetero) is 3. The molecule has 3 aromatic carbocycles. The number of pyridine rings is 3. The van der Waals surface area contributed by atoms with Crippen molar-refractivity contribution in [2.45, 2.75) is 7.43 Å². The first-order valence-electron chi connectivity index (χ1n) is 34.1. The number of aryl methyl sites for hydroxylation is 1. The van der Waals surface area contributed by atoms with E-state index in [1.807, 2.05) is 18.2 Å². The van der Waals surface area contributed by atoms with Crippen molar-refractivity contribution < 1.29 is 57.4 Å². The lowest BCUT2D eigenvalue weighted by Gasteiger charge is -2.34. The maximum absolute atomic E-state index is 13.3. The van der Waals surface area contributed by atoms with Gasteiger partial charge in [0.1, 0.15) is 51.4 Å². The van der Waals surface area contributed by atoms with E-state index in [0.717, 1.165) is 12.4 Å². The number of H-pyrrole nitrogens is 5. The molecule has 12 aromatic rings. The number of ketones is 3. The highest BCUT2D eigenvalue weighted by Gasteiger charge is 2.36. The second-order valence-electron chi connectivity index (χ2n) is 25.0. The minimum Gasteiger partial charge on any atom is -0.494 e. The fourth-order valence-electron chi connectivity index (χ4n) is 12.9. The number of piperazine rings is 3.